The highest BCUT2D eigenvalue weighted by molar-refractivity contribution is 6.35. The molecule has 4 amide bonds. The number of urea groups is 2. The van der Waals surface area contributed by atoms with Gasteiger partial charge in [-0.2, -0.15) is 0 Å². The SMILES string of the molecule is CCC1(C)N=C2N(C(=O)NC)c3ccccc3N2C(=O)N1C. The van der Waals surface area contributed by atoms with Crippen LogP contribution in [0.2, 0.25) is 0 Å². The first-order valence-corrected chi connectivity index (χ1v) is 7.23. The summed E-state index contributed by atoms with van der Waals surface area (Å²) in [4.78, 5) is 34.4. The third-order valence-electron chi connectivity index (χ3n) is 4.39. The quantitative estimate of drug-likeness (QED) is 0.864. The predicted molar refractivity (Wildman–Crippen MR) is 85.1 cm³/mol. The highest BCUT2D eigenvalue weighted by Crippen LogP contribution is 2.41. The second kappa shape index (κ2) is 4.72. The number of anilines is 2. The lowest BCUT2D eigenvalue weighted by molar-refractivity contribution is 0.150. The molecule has 1 aromatic carbocycles. The Bertz CT molecular complexity index is 671. The first-order chi connectivity index (χ1) is 10.4. The summed E-state index contributed by atoms with van der Waals surface area (Å²) in [6.07, 6.45) is 0.657. The van der Waals surface area contributed by atoms with E-state index in [-0.39, 0.29) is 12.1 Å². The summed E-state index contributed by atoms with van der Waals surface area (Å²) in [6.45, 7) is 3.86. The summed E-state index contributed by atoms with van der Waals surface area (Å²) in [5.74, 6) is 0.355. The van der Waals surface area contributed by atoms with E-state index in [9.17, 15) is 9.59 Å². The molecule has 2 aliphatic heterocycles. The van der Waals surface area contributed by atoms with E-state index in [0.717, 1.165) is 0 Å². The monoisotopic (exact) mass is 301 g/mol. The number of para-hydroxylation sites is 2. The fraction of sp³-hybridized carbons (Fsp3) is 0.400. The van der Waals surface area contributed by atoms with Crippen molar-refractivity contribution in [3.05, 3.63) is 24.3 Å². The van der Waals surface area contributed by atoms with E-state index < -0.39 is 5.66 Å². The zero-order chi connectivity index (χ0) is 16.1. The summed E-state index contributed by atoms with van der Waals surface area (Å²) < 4.78 is 0. The molecule has 7 heteroatoms. The van der Waals surface area contributed by atoms with Crippen molar-refractivity contribution in [1.29, 1.82) is 0 Å². The highest BCUT2D eigenvalue weighted by Gasteiger charge is 2.48. The van der Waals surface area contributed by atoms with E-state index in [1.165, 1.54) is 9.80 Å². The van der Waals surface area contributed by atoms with Crippen LogP contribution in [0.25, 0.3) is 0 Å². The first kappa shape index (κ1) is 14.4. The van der Waals surface area contributed by atoms with Crippen molar-refractivity contribution < 1.29 is 9.59 Å². The van der Waals surface area contributed by atoms with Gasteiger partial charge in [-0.3, -0.25) is 0 Å². The third-order valence-corrected chi connectivity index (χ3v) is 4.39. The van der Waals surface area contributed by atoms with Gasteiger partial charge < -0.3 is 10.2 Å². The van der Waals surface area contributed by atoms with Gasteiger partial charge in [0.1, 0.15) is 5.66 Å². The lowest BCUT2D eigenvalue weighted by Crippen LogP contribution is -2.61. The number of aliphatic imine (C=N–C) groups is 1. The highest BCUT2D eigenvalue weighted by atomic mass is 16.2. The largest absolute Gasteiger partial charge is 0.340 e. The molecule has 1 N–H and O–H groups in total. The molecule has 0 radical (unpaired) electrons. The summed E-state index contributed by atoms with van der Waals surface area (Å²) in [5, 5.41) is 2.61. The topological polar surface area (TPSA) is 68.2 Å². The van der Waals surface area contributed by atoms with E-state index in [4.69, 9.17) is 4.99 Å². The van der Waals surface area contributed by atoms with Gasteiger partial charge >= 0.3 is 12.1 Å². The standard InChI is InChI=1S/C15H19N5O2/c1-5-15(2)17-12-19(13(21)16-3)10-8-6-7-9-11(10)20(12)14(22)18(15)4/h6-9H,5H2,1-4H3,(H,16,21). The van der Waals surface area contributed by atoms with E-state index in [1.807, 2.05) is 38.1 Å². The maximum absolute atomic E-state index is 12.8. The number of hydrogen-bond donors (Lipinski definition) is 1. The van der Waals surface area contributed by atoms with Crippen molar-refractivity contribution in [1.82, 2.24) is 10.2 Å². The minimum Gasteiger partial charge on any atom is -0.340 e. The molecule has 1 atom stereocenters. The molecule has 3 rings (SSSR count). The number of fused-ring (bicyclic) bond motifs is 3. The number of carbonyl (C=O) groups is 2. The van der Waals surface area contributed by atoms with Gasteiger partial charge in [-0.15, -0.1) is 0 Å². The number of benzene rings is 1. The fourth-order valence-corrected chi connectivity index (χ4v) is 2.72. The lowest BCUT2D eigenvalue weighted by Gasteiger charge is -2.42. The average Bonchev–Trinajstić information content (AvgIpc) is 2.85. The molecule has 2 aliphatic rings. The first-order valence-electron chi connectivity index (χ1n) is 7.23. The summed E-state index contributed by atoms with van der Waals surface area (Å²) in [7, 11) is 3.29. The predicted octanol–water partition coefficient (Wildman–Crippen LogP) is 2.20. The zero-order valence-electron chi connectivity index (χ0n) is 13.1. The van der Waals surface area contributed by atoms with Crippen LogP contribution in [0.4, 0.5) is 21.0 Å². The third kappa shape index (κ3) is 1.71. The van der Waals surface area contributed by atoms with Crippen molar-refractivity contribution in [3.8, 4) is 0 Å². The maximum Gasteiger partial charge on any atom is 0.333 e. The van der Waals surface area contributed by atoms with E-state index in [0.29, 0.717) is 23.8 Å². The number of amides is 4. The van der Waals surface area contributed by atoms with E-state index in [2.05, 4.69) is 5.32 Å². The van der Waals surface area contributed by atoms with Crippen LogP contribution in [-0.2, 0) is 0 Å². The molecule has 116 valence electrons. The summed E-state index contributed by atoms with van der Waals surface area (Å²) >= 11 is 0. The summed E-state index contributed by atoms with van der Waals surface area (Å²) in [6, 6.07) is 6.79. The van der Waals surface area contributed by atoms with Gasteiger partial charge in [-0.1, -0.05) is 19.1 Å². The van der Waals surface area contributed by atoms with Crippen LogP contribution in [0.3, 0.4) is 0 Å². The maximum atomic E-state index is 12.8. The normalized spacial score (nSPS) is 23.2. The molecule has 0 saturated carbocycles. The van der Waals surface area contributed by atoms with Gasteiger partial charge in [0.2, 0.25) is 5.96 Å². The Morgan fingerprint density at radius 2 is 1.95 bits per heavy atom. The Hall–Kier alpha value is -2.57. The van der Waals surface area contributed by atoms with Gasteiger partial charge in [0.05, 0.1) is 11.4 Å². The molecule has 0 bridgehead atoms. The molecule has 1 unspecified atom stereocenters. The van der Waals surface area contributed by atoms with Crippen LogP contribution in [0, 0.1) is 0 Å². The van der Waals surface area contributed by atoms with Crippen molar-refractivity contribution in [2.45, 2.75) is 25.9 Å². The van der Waals surface area contributed by atoms with Crippen LogP contribution >= 0.6 is 0 Å². The van der Waals surface area contributed by atoms with E-state index in [1.54, 1.807) is 19.0 Å². The van der Waals surface area contributed by atoms with Crippen LogP contribution in [0.15, 0.2) is 29.3 Å². The zero-order valence-corrected chi connectivity index (χ0v) is 13.1. The Morgan fingerprint density at radius 1 is 1.32 bits per heavy atom. The molecule has 22 heavy (non-hydrogen) atoms. The molecule has 7 nitrogen and oxygen atoms in total. The fourth-order valence-electron chi connectivity index (χ4n) is 2.72. The number of nitrogens with zero attached hydrogens (tertiary/aromatic N) is 4. The Labute approximate surface area is 129 Å². The Kier molecular flexibility index (Phi) is 3.09. The van der Waals surface area contributed by atoms with Gasteiger partial charge in [0.25, 0.3) is 0 Å². The minimum absolute atomic E-state index is 0.187. The molecular formula is C15H19N5O2. The molecule has 0 aliphatic carbocycles. The van der Waals surface area contributed by atoms with Gasteiger partial charge in [0.15, 0.2) is 0 Å². The Balaban J connectivity index is 2.24. The average molecular weight is 301 g/mol. The van der Waals surface area contributed by atoms with Gasteiger partial charge in [-0.05, 0) is 25.5 Å². The number of nitrogens with one attached hydrogen (secondary N) is 1. The van der Waals surface area contributed by atoms with Crippen molar-refractivity contribution in [2.75, 3.05) is 23.9 Å². The van der Waals surface area contributed by atoms with E-state index >= 15 is 0 Å². The van der Waals surface area contributed by atoms with Crippen LogP contribution in [-0.4, -0.2) is 42.7 Å². The number of carbonyl (C=O) groups excluding carboxylic acids is 2. The molecule has 1 aromatic rings. The van der Waals surface area contributed by atoms with Crippen molar-refractivity contribution in [2.24, 2.45) is 4.99 Å². The molecular weight excluding hydrogens is 282 g/mol. The van der Waals surface area contributed by atoms with Crippen LogP contribution in [0.1, 0.15) is 20.3 Å². The van der Waals surface area contributed by atoms with Crippen LogP contribution in [0.5, 0.6) is 0 Å². The van der Waals surface area contributed by atoms with Crippen molar-refractivity contribution in [3.63, 3.8) is 0 Å². The number of rotatable bonds is 1. The second-order valence-corrected chi connectivity index (χ2v) is 5.54. The number of guanidine groups is 1. The number of hydrogen-bond acceptors (Lipinski definition) is 3. The molecule has 2 heterocycles. The van der Waals surface area contributed by atoms with Crippen LogP contribution < -0.4 is 15.1 Å². The van der Waals surface area contributed by atoms with Gasteiger partial charge in [-0.25, -0.2) is 24.4 Å². The Morgan fingerprint density at radius 3 is 2.55 bits per heavy atom. The minimum atomic E-state index is -0.669. The molecule has 0 aromatic heterocycles. The van der Waals surface area contributed by atoms with Crippen molar-refractivity contribution >= 4 is 29.4 Å². The molecule has 0 fully saturated rings. The summed E-state index contributed by atoms with van der Waals surface area (Å²) in [5.41, 5.74) is 0.652. The molecule has 0 spiro atoms. The lowest BCUT2D eigenvalue weighted by atomic mass is 10.1. The molecule has 0 saturated heterocycles. The smallest absolute Gasteiger partial charge is 0.333 e. The second-order valence-electron chi connectivity index (χ2n) is 5.54. The van der Waals surface area contributed by atoms with Gasteiger partial charge in [0, 0.05) is 14.1 Å².